The van der Waals surface area contributed by atoms with E-state index in [4.69, 9.17) is 4.74 Å². The first-order chi connectivity index (χ1) is 15.2. The van der Waals surface area contributed by atoms with E-state index in [0.717, 1.165) is 17.7 Å². The third kappa shape index (κ3) is 4.51. The van der Waals surface area contributed by atoms with Crippen LogP contribution in [0.25, 0.3) is 11.1 Å². The van der Waals surface area contributed by atoms with Gasteiger partial charge in [-0.25, -0.2) is 4.68 Å². The van der Waals surface area contributed by atoms with Gasteiger partial charge in [-0.05, 0) is 42.0 Å². The zero-order chi connectivity index (χ0) is 22.9. The lowest BCUT2D eigenvalue weighted by Crippen LogP contribution is -2.35. The molecule has 1 aliphatic rings. The number of alkyl halides is 3. The third-order valence-corrected chi connectivity index (χ3v) is 4.79. The van der Waals surface area contributed by atoms with Gasteiger partial charge in [0.05, 0.1) is 19.7 Å². The molecule has 1 atom stereocenters. The third-order valence-electron chi connectivity index (χ3n) is 4.79. The first-order valence-electron chi connectivity index (χ1n) is 9.42. The summed E-state index contributed by atoms with van der Waals surface area (Å²) < 4.78 is 47.2. The molecule has 32 heavy (non-hydrogen) atoms. The van der Waals surface area contributed by atoms with Gasteiger partial charge in [0, 0.05) is 11.3 Å². The van der Waals surface area contributed by atoms with E-state index >= 15 is 0 Å². The van der Waals surface area contributed by atoms with Gasteiger partial charge < -0.3 is 20.1 Å². The van der Waals surface area contributed by atoms with Gasteiger partial charge in [0.2, 0.25) is 11.8 Å². The number of fused-ring (bicyclic) bond motifs is 1. The van der Waals surface area contributed by atoms with Crippen molar-refractivity contribution < 1.29 is 32.2 Å². The summed E-state index contributed by atoms with van der Waals surface area (Å²) in [6.07, 6.45) is -3.40. The first-order valence-corrected chi connectivity index (χ1v) is 9.42. The van der Waals surface area contributed by atoms with Gasteiger partial charge in [-0.2, -0.15) is 5.10 Å². The molecule has 8 nitrogen and oxygen atoms in total. The minimum absolute atomic E-state index is 0.141. The molecular formula is C21H17F3N4O4. The van der Waals surface area contributed by atoms with Crippen molar-refractivity contribution in [3.05, 3.63) is 54.7 Å². The van der Waals surface area contributed by atoms with Crippen molar-refractivity contribution >= 4 is 23.3 Å². The number of hydrogen-bond acceptors (Lipinski definition) is 5. The largest absolute Gasteiger partial charge is 0.573 e. The molecule has 0 saturated heterocycles. The molecule has 166 valence electrons. The minimum atomic E-state index is -4.81. The number of ether oxygens (including phenoxy) is 2. The highest BCUT2D eigenvalue weighted by molar-refractivity contribution is 6.03. The maximum Gasteiger partial charge on any atom is 0.573 e. The molecule has 1 aliphatic heterocycles. The molecule has 2 amide bonds. The Morgan fingerprint density at radius 3 is 2.41 bits per heavy atom. The lowest BCUT2D eigenvalue weighted by molar-refractivity contribution is -0.274. The number of carbonyl (C=O) groups excluding carboxylic acids is 2. The van der Waals surface area contributed by atoms with Crippen LogP contribution in [0.5, 0.6) is 11.5 Å². The van der Waals surface area contributed by atoms with Crippen molar-refractivity contribution in [2.45, 2.75) is 18.8 Å². The number of aromatic nitrogens is 2. The Morgan fingerprint density at radius 1 is 1.12 bits per heavy atom. The molecule has 0 bridgehead atoms. The number of carbonyl (C=O) groups is 2. The van der Waals surface area contributed by atoms with Gasteiger partial charge >= 0.3 is 6.36 Å². The van der Waals surface area contributed by atoms with Gasteiger partial charge in [0.25, 0.3) is 0 Å². The fraction of sp³-hybridized carbons (Fsp3) is 0.190. The average molecular weight is 446 g/mol. The number of rotatable bonds is 5. The number of halogens is 3. The molecule has 1 unspecified atom stereocenters. The van der Waals surface area contributed by atoms with E-state index in [1.165, 1.54) is 16.8 Å². The van der Waals surface area contributed by atoms with E-state index < -0.39 is 24.1 Å². The number of anilines is 2. The van der Waals surface area contributed by atoms with Gasteiger partial charge in [0.1, 0.15) is 23.4 Å². The second-order valence-corrected chi connectivity index (χ2v) is 6.91. The smallest absolute Gasteiger partial charge is 0.497 e. The first kappa shape index (κ1) is 21.2. The van der Waals surface area contributed by atoms with Gasteiger partial charge in [-0.15, -0.1) is 13.2 Å². The maximum absolute atomic E-state index is 12.8. The van der Waals surface area contributed by atoms with Crippen molar-refractivity contribution in [2.75, 3.05) is 17.7 Å². The topological polar surface area (TPSA) is 94.5 Å². The summed E-state index contributed by atoms with van der Waals surface area (Å²) in [5.41, 5.74) is 1.65. The van der Waals surface area contributed by atoms with E-state index in [0.29, 0.717) is 17.1 Å². The quantitative estimate of drug-likeness (QED) is 0.618. The molecule has 0 aliphatic carbocycles. The predicted molar refractivity (Wildman–Crippen MR) is 108 cm³/mol. The molecule has 2 N–H and O–H groups in total. The Morgan fingerprint density at radius 2 is 1.78 bits per heavy atom. The summed E-state index contributed by atoms with van der Waals surface area (Å²) in [5.74, 6) is -0.258. The Bertz CT molecular complexity index is 1140. The molecule has 0 radical (unpaired) electrons. The monoisotopic (exact) mass is 446 g/mol. The highest BCUT2D eigenvalue weighted by atomic mass is 19.4. The molecule has 3 aromatic rings. The lowest BCUT2D eigenvalue weighted by atomic mass is 10.1. The van der Waals surface area contributed by atoms with Gasteiger partial charge in [-0.3, -0.25) is 9.59 Å². The molecule has 2 aromatic carbocycles. The van der Waals surface area contributed by atoms with E-state index in [1.54, 1.807) is 37.6 Å². The van der Waals surface area contributed by atoms with Crippen LogP contribution < -0.4 is 20.1 Å². The fourth-order valence-corrected chi connectivity index (χ4v) is 3.32. The maximum atomic E-state index is 12.8. The zero-order valence-corrected chi connectivity index (χ0v) is 16.6. The fourth-order valence-electron chi connectivity index (χ4n) is 3.32. The number of nitrogens with one attached hydrogen (secondary N) is 2. The number of benzene rings is 2. The second-order valence-electron chi connectivity index (χ2n) is 6.91. The van der Waals surface area contributed by atoms with Crippen molar-refractivity contribution in [3.8, 4) is 22.6 Å². The predicted octanol–water partition coefficient (Wildman–Crippen LogP) is 3.98. The summed E-state index contributed by atoms with van der Waals surface area (Å²) in [7, 11) is 1.55. The van der Waals surface area contributed by atoms with Crippen molar-refractivity contribution in [3.63, 3.8) is 0 Å². The van der Waals surface area contributed by atoms with Crippen LogP contribution in [-0.4, -0.2) is 35.1 Å². The number of methoxy groups -OCH3 is 1. The molecule has 1 aromatic heterocycles. The molecule has 4 rings (SSSR count). The van der Waals surface area contributed by atoms with Crippen molar-refractivity contribution in [2.24, 2.45) is 0 Å². The highest BCUT2D eigenvalue weighted by Gasteiger charge is 2.33. The minimum Gasteiger partial charge on any atom is -0.497 e. The Kier molecular flexibility index (Phi) is 5.47. The van der Waals surface area contributed by atoms with Crippen LogP contribution in [0.2, 0.25) is 0 Å². The molecule has 0 fully saturated rings. The molecule has 2 heterocycles. The van der Waals surface area contributed by atoms with Crippen LogP contribution in [0.15, 0.2) is 54.7 Å². The Balaban J connectivity index is 1.54. The Labute approximate surface area is 179 Å². The van der Waals surface area contributed by atoms with Crippen molar-refractivity contribution in [1.82, 2.24) is 9.78 Å². The van der Waals surface area contributed by atoms with E-state index in [-0.39, 0.29) is 18.0 Å². The number of nitrogens with zero attached hydrogens (tertiary/aromatic N) is 2. The van der Waals surface area contributed by atoms with Gasteiger partial charge in [0.15, 0.2) is 0 Å². The van der Waals surface area contributed by atoms with Crippen LogP contribution >= 0.6 is 0 Å². The zero-order valence-electron chi connectivity index (χ0n) is 16.6. The van der Waals surface area contributed by atoms with Crippen LogP contribution in [0.3, 0.4) is 0 Å². The summed E-state index contributed by atoms with van der Waals surface area (Å²) in [4.78, 5) is 25.1. The highest BCUT2D eigenvalue weighted by Crippen LogP contribution is 2.35. The van der Waals surface area contributed by atoms with Crippen LogP contribution in [-0.2, 0) is 9.59 Å². The molecule has 0 saturated carbocycles. The lowest BCUT2D eigenvalue weighted by Gasteiger charge is -2.24. The van der Waals surface area contributed by atoms with Crippen LogP contribution in [0, 0.1) is 0 Å². The number of hydrogen-bond donors (Lipinski definition) is 2. The summed E-state index contributed by atoms with van der Waals surface area (Å²) >= 11 is 0. The molecule has 11 heteroatoms. The van der Waals surface area contributed by atoms with Crippen LogP contribution in [0.1, 0.15) is 12.5 Å². The van der Waals surface area contributed by atoms with Crippen molar-refractivity contribution in [1.29, 1.82) is 0 Å². The SMILES string of the molecule is COc1ccc(-c2cnn3c2NC(=O)CC3C(=O)Nc2ccc(OC(F)(F)F)cc2)cc1. The Hall–Kier alpha value is -4.02. The summed E-state index contributed by atoms with van der Waals surface area (Å²) in [6, 6.07) is 10.9. The van der Waals surface area contributed by atoms with Gasteiger partial charge in [-0.1, -0.05) is 12.1 Å². The number of amides is 2. The second kappa shape index (κ2) is 8.25. The molecular weight excluding hydrogens is 429 g/mol. The average Bonchev–Trinajstić information content (AvgIpc) is 3.17. The standard InChI is InChI=1S/C21H17F3N4O4/c1-31-14-6-2-12(3-7-14)16-11-25-28-17(10-18(29)27-19(16)28)20(30)26-13-4-8-15(9-5-13)32-21(22,23)24/h2-9,11,17H,10H2,1H3,(H,26,30)(H,27,29). The normalized spacial score (nSPS) is 15.5. The molecule has 0 spiro atoms. The summed E-state index contributed by atoms with van der Waals surface area (Å²) in [6.45, 7) is 0. The van der Waals surface area contributed by atoms with E-state index in [2.05, 4.69) is 20.5 Å². The summed E-state index contributed by atoms with van der Waals surface area (Å²) in [5, 5.41) is 9.61. The van der Waals surface area contributed by atoms with E-state index in [1.807, 2.05) is 0 Å². The van der Waals surface area contributed by atoms with E-state index in [9.17, 15) is 22.8 Å². The van der Waals surface area contributed by atoms with Crippen LogP contribution in [0.4, 0.5) is 24.7 Å².